The molecule has 42 heavy (non-hydrogen) atoms. The predicted molar refractivity (Wildman–Crippen MR) is 150 cm³/mol. The Morgan fingerprint density at radius 3 is 2.31 bits per heavy atom. The van der Waals surface area contributed by atoms with Crippen molar-refractivity contribution in [2.75, 3.05) is 37.4 Å². The van der Waals surface area contributed by atoms with Crippen LogP contribution in [0.4, 0.5) is 30.8 Å². The van der Waals surface area contributed by atoms with Gasteiger partial charge in [-0.2, -0.15) is 0 Å². The molecule has 0 radical (unpaired) electrons. The predicted octanol–water partition coefficient (Wildman–Crippen LogP) is 4.04. The van der Waals surface area contributed by atoms with E-state index in [-0.39, 0.29) is 53.7 Å². The summed E-state index contributed by atoms with van der Waals surface area (Å²) in [6, 6.07) is 9.95. The zero-order valence-corrected chi connectivity index (χ0v) is 23.2. The third-order valence-corrected chi connectivity index (χ3v) is 7.74. The first-order valence-electron chi connectivity index (χ1n) is 13.5. The highest BCUT2D eigenvalue weighted by Gasteiger charge is 2.57. The van der Waals surface area contributed by atoms with Crippen LogP contribution >= 0.6 is 0 Å². The van der Waals surface area contributed by atoms with Crippen molar-refractivity contribution < 1.29 is 27.9 Å². The van der Waals surface area contributed by atoms with Gasteiger partial charge >= 0.3 is 6.03 Å². The Bertz CT molecular complexity index is 1490. The van der Waals surface area contributed by atoms with E-state index in [0.29, 0.717) is 0 Å². The second kappa shape index (κ2) is 11.7. The molecule has 1 aliphatic heterocycles. The molecule has 2 aliphatic rings. The lowest BCUT2D eigenvalue weighted by Crippen LogP contribution is -2.46. The van der Waals surface area contributed by atoms with Crippen LogP contribution in [0.15, 0.2) is 54.9 Å². The number of nitrogens with one attached hydrogen (secondary N) is 1. The lowest BCUT2D eigenvalue weighted by Gasteiger charge is -2.34. The zero-order chi connectivity index (χ0) is 30.0. The van der Waals surface area contributed by atoms with Gasteiger partial charge in [-0.3, -0.25) is 19.8 Å². The van der Waals surface area contributed by atoms with Crippen molar-refractivity contribution in [3.05, 3.63) is 66.5 Å². The van der Waals surface area contributed by atoms with Crippen LogP contribution in [0, 0.1) is 17.0 Å². The van der Waals surface area contributed by atoms with E-state index in [1.54, 1.807) is 11.9 Å². The lowest BCUT2D eigenvalue weighted by atomic mass is 10.0. The largest absolute Gasteiger partial charge is 0.436 e. The van der Waals surface area contributed by atoms with Crippen LogP contribution in [0.25, 0.3) is 0 Å². The van der Waals surface area contributed by atoms with Crippen molar-refractivity contribution in [3.63, 3.8) is 0 Å². The summed E-state index contributed by atoms with van der Waals surface area (Å²) in [5.41, 5.74) is 4.44. The van der Waals surface area contributed by atoms with Crippen molar-refractivity contribution in [2.24, 2.45) is 11.1 Å². The Hall–Kier alpha value is -4.65. The summed E-state index contributed by atoms with van der Waals surface area (Å²) in [5, 5.41) is 2.72. The monoisotopic (exact) mass is 579 g/mol. The van der Waals surface area contributed by atoms with Gasteiger partial charge in [-0.25, -0.2) is 23.5 Å². The van der Waals surface area contributed by atoms with E-state index in [2.05, 4.69) is 20.2 Å². The minimum absolute atomic E-state index is 0.0222. The summed E-state index contributed by atoms with van der Waals surface area (Å²) < 4.78 is 34.5. The van der Waals surface area contributed by atoms with Gasteiger partial charge in [-0.05, 0) is 82.2 Å². The number of nitrogens with zero attached hydrogens (tertiary/aromatic N) is 5. The molecule has 2 heterocycles. The van der Waals surface area contributed by atoms with Gasteiger partial charge < -0.3 is 20.3 Å². The fourth-order valence-electron chi connectivity index (χ4n) is 4.91. The Balaban J connectivity index is 1.33. The minimum Gasteiger partial charge on any atom is -0.436 e. The summed E-state index contributed by atoms with van der Waals surface area (Å²) in [6.07, 6.45) is 3.44. The van der Waals surface area contributed by atoms with E-state index >= 15 is 4.39 Å². The van der Waals surface area contributed by atoms with Gasteiger partial charge in [-0.1, -0.05) is 0 Å². The van der Waals surface area contributed by atoms with E-state index in [1.165, 1.54) is 36.7 Å². The van der Waals surface area contributed by atoms with Gasteiger partial charge in [0.2, 0.25) is 17.7 Å². The number of primary amides is 1. The van der Waals surface area contributed by atoms with E-state index in [1.807, 2.05) is 7.05 Å². The Morgan fingerprint density at radius 1 is 1.02 bits per heavy atom. The summed E-state index contributed by atoms with van der Waals surface area (Å²) in [4.78, 5) is 51.4. The fourth-order valence-corrected chi connectivity index (χ4v) is 4.91. The number of hydrogen-bond donors (Lipinski definition) is 2. The molecular formula is C29H31F2N7O4. The van der Waals surface area contributed by atoms with E-state index in [4.69, 9.17) is 10.5 Å². The molecule has 220 valence electrons. The smallest absolute Gasteiger partial charge is 0.323 e. The second-order valence-corrected chi connectivity index (χ2v) is 10.6. The van der Waals surface area contributed by atoms with E-state index in [9.17, 15) is 18.8 Å². The molecule has 1 aromatic heterocycles. The first kappa shape index (κ1) is 28.9. The summed E-state index contributed by atoms with van der Waals surface area (Å²) in [7, 11) is 3.78. The summed E-state index contributed by atoms with van der Waals surface area (Å²) in [6.45, 7) is 1.81. The number of rotatable bonds is 8. The number of likely N-dealkylation sites (tertiary alicyclic amines) is 1. The van der Waals surface area contributed by atoms with Gasteiger partial charge in [-0.15, -0.1) is 0 Å². The topological polar surface area (TPSA) is 134 Å². The fraction of sp³-hybridized carbons (Fsp3) is 0.345. The average Bonchev–Trinajstić information content (AvgIpc) is 3.78. The maximum absolute atomic E-state index is 15.3. The van der Waals surface area contributed by atoms with Crippen molar-refractivity contribution in [1.29, 1.82) is 0 Å². The van der Waals surface area contributed by atoms with Crippen LogP contribution in [-0.2, 0) is 9.59 Å². The zero-order valence-electron chi connectivity index (χ0n) is 23.2. The number of hydrogen-bond acceptors (Lipinski definition) is 7. The molecule has 1 saturated carbocycles. The van der Waals surface area contributed by atoms with Crippen LogP contribution in [0.1, 0.15) is 25.7 Å². The highest BCUT2D eigenvalue weighted by atomic mass is 19.1. The third kappa shape index (κ3) is 6.00. The second-order valence-electron chi connectivity index (χ2n) is 10.6. The number of ether oxygens (including phenoxy) is 1. The molecule has 0 atom stereocenters. The molecule has 5 rings (SSSR count). The maximum Gasteiger partial charge on any atom is 0.323 e. The number of urea groups is 1. The number of anilines is 3. The molecule has 3 N–H and O–H groups in total. The van der Waals surface area contributed by atoms with Gasteiger partial charge in [0.25, 0.3) is 0 Å². The number of halogens is 2. The van der Waals surface area contributed by atoms with Crippen molar-refractivity contribution in [2.45, 2.75) is 31.7 Å². The number of piperidine rings is 1. The lowest BCUT2D eigenvalue weighted by molar-refractivity contribution is -0.133. The number of nitrogens with two attached hydrogens (primary N) is 1. The molecule has 2 fully saturated rings. The maximum atomic E-state index is 15.3. The first-order valence-corrected chi connectivity index (χ1v) is 13.5. The molecule has 13 heteroatoms. The molecule has 3 aromatic rings. The number of amides is 4. The van der Waals surface area contributed by atoms with Gasteiger partial charge in [0, 0.05) is 30.9 Å². The van der Waals surface area contributed by atoms with Crippen LogP contribution in [0.3, 0.4) is 0 Å². The standard InChI is InChI=1S/C29H31F2N7O4/c1-36-13-9-19(10-14-36)37(2)28(41)35-24-16-25(34-17-33-24)42-23-8-7-21(15-22(23)31)38(20-5-3-18(30)4-6-20)27(40)29(11-12-29)26(32)39/h3-8,15-17,19H,9-14H2,1-2H3,(H2,32,39)(H,33,34,35,41). The highest BCUT2D eigenvalue weighted by molar-refractivity contribution is 6.16. The SMILES string of the molecule is CN1CCC(N(C)C(=O)Nc2cc(Oc3ccc(N(C(=O)C4(C(N)=O)CC4)c4ccc(F)cc4)cc3F)ncn2)CC1. The third-order valence-electron chi connectivity index (χ3n) is 7.74. The Morgan fingerprint density at radius 2 is 1.69 bits per heavy atom. The molecule has 2 aromatic carbocycles. The van der Waals surface area contributed by atoms with Crippen LogP contribution in [0.5, 0.6) is 11.6 Å². The number of benzene rings is 2. The molecule has 0 bridgehead atoms. The molecule has 0 spiro atoms. The van der Waals surface area contributed by atoms with Crippen LogP contribution in [-0.4, -0.2) is 70.8 Å². The van der Waals surface area contributed by atoms with Gasteiger partial charge in [0.05, 0.1) is 5.69 Å². The normalized spacial score (nSPS) is 16.4. The van der Waals surface area contributed by atoms with Crippen molar-refractivity contribution in [1.82, 2.24) is 19.8 Å². The van der Waals surface area contributed by atoms with Crippen molar-refractivity contribution in [3.8, 4) is 11.6 Å². The minimum atomic E-state index is -1.40. The van der Waals surface area contributed by atoms with Crippen molar-refractivity contribution >= 4 is 35.0 Å². The first-order chi connectivity index (χ1) is 20.1. The van der Waals surface area contributed by atoms with Crippen LogP contribution < -0.4 is 20.7 Å². The summed E-state index contributed by atoms with van der Waals surface area (Å²) >= 11 is 0. The van der Waals surface area contributed by atoms with E-state index < -0.39 is 28.9 Å². The number of aromatic nitrogens is 2. The quantitative estimate of drug-likeness (QED) is 0.385. The van der Waals surface area contributed by atoms with E-state index in [0.717, 1.165) is 49.0 Å². The number of carbonyl (C=O) groups excluding carboxylic acids is 3. The van der Waals surface area contributed by atoms with Gasteiger partial charge in [0.1, 0.15) is 23.4 Å². The Kier molecular flexibility index (Phi) is 8.03. The van der Waals surface area contributed by atoms with Crippen LogP contribution in [0.2, 0.25) is 0 Å². The number of carbonyl (C=O) groups is 3. The molecule has 1 aliphatic carbocycles. The molecular weight excluding hydrogens is 548 g/mol. The van der Waals surface area contributed by atoms with Gasteiger partial charge in [0.15, 0.2) is 11.6 Å². The highest BCUT2D eigenvalue weighted by Crippen LogP contribution is 2.49. The summed E-state index contributed by atoms with van der Waals surface area (Å²) in [5.74, 6) is -2.81. The molecule has 4 amide bonds. The molecule has 0 unspecified atom stereocenters. The molecule has 1 saturated heterocycles. The Labute approximate surface area is 241 Å². The average molecular weight is 580 g/mol. The molecule has 11 nitrogen and oxygen atoms in total.